The molecule has 4 N–H and O–H groups in total. The number of hydrogen-bond donors (Lipinski definition) is 3. The van der Waals surface area contributed by atoms with Crippen LogP contribution in [0.2, 0.25) is 0 Å². The summed E-state index contributed by atoms with van der Waals surface area (Å²) < 4.78 is 0. The first kappa shape index (κ1) is 14.5. The zero-order chi connectivity index (χ0) is 13.5. The number of nitrogens with two attached hydrogens (primary N) is 1. The highest BCUT2D eigenvalue weighted by atomic mass is 16.4. The first-order chi connectivity index (χ1) is 8.49. The third-order valence-electron chi connectivity index (χ3n) is 2.70. The van der Waals surface area contributed by atoms with Gasteiger partial charge in [0.2, 0.25) is 0 Å². The molecule has 0 fully saturated rings. The third kappa shape index (κ3) is 5.19. The maximum absolute atomic E-state index is 10.5. The van der Waals surface area contributed by atoms with Crippen LogP contribution in [-0.4, -0.2) is 23.7 Å². The highest BCUT2D eigenvalue weighted by molar-refractivity contribution is 5.73. The van der Waals surface area contributed by atoms with Crippen LogP contribution < -0.4 is 11.1 Å². The first-order valence-electron chi connectivity index (χ1n) is 6.30. The molecular formula is C14H22N2O2. The summed E-state index contributed by atoms with van der Waals surface area (Å²) in [6.07, 6.45) is 1.49. The maximum atomic E-state index is 10.5. The lowest BCUT2D eigenvalue weighted by atomic mass is 10.0. The second-order valence-electron chi connectivity index (χ2n) is 4.96. The fourth-order valence-corrected chi connectivity index (χ4v) is 1.73. The van der Waals surface area contributed by atoms with Crippen LogP contribution in [0.3, 0.4) is 0 Å². The summed E-state index contributed by atoms with van der Waals surface area (Å²) in [5.74, 6) is -0.304. The average molecular weight is 250 g/mol. The molecule has 100 valence electrons. The molecule has 18 heavy (non-hydrogen) atoms. The van der Waals surface area contributed by atoms with Crippen molar-refractivity contribution in [2.45, 2.75) is 32.7 Å². The summed E-state index contributed by atoms with van der Waals surface area (Å²) in [6.45, 7) is 4.95. The summed E-state index contributed by atoms with van der Waals surface area (Å²) in [5.41, 5.74) is 7.74. The molecule has 0 bridgehead atoms. The summed E-state index contributed by atoms with van der Waals surface area (Å²) >= 11 is 0. The van der Waals surface area contributed by atoms with Crippen molar-refractivity contribution < 1.29 is 9.90 Å². The van der Waals surface area contributed by atoms with E-state index in [4.69, 9.17) is 10.8 Å². The molecule has 4 heteroatoms. The SMILES string of the molecule is CC(C)Cc1ccc(NCCC(N)C(=O)O)cc1. The monoisotopic (exact) mass is 250 g/mol. The first-order valence-corrected chi connectivity index (χ1v) is 6.30. The predicted octanol–water partition coefficient (Wildman–Crippen LogP) is 2.10. The van der Waals surface area contributed by atoms with Crippen molar-refractivity contribution in [2.24, 2.45) is 11.7 Å². The van der Waals surface area contributed by atoms with E-state index < -0.39 is 12.0 Å². The van der Waals surface area contributed by atoms with Gasteiger partial charge < -0.3 is 16.2 Å². The van der Waals surface area contributed by atoms with Crippen LogP contribution in [0.25, 0.3) is 0 Å². The molecular weight excluding hydrogens is 228 g/mol. The number of nitrogens with one attached hydrogen (secondary N) is 1. The minimum atomic E-state index is -0.955. The standard InChI is InChI=1S/C14H22N2O2/c1-10(2)9-11-3-5-12(6-4-11)16-8-7-13(15)14(17)18/h3-6,10,13,16H,7-9,15H2,1-2H3,(H,17,18). The molecule has 0 aliphatic carbocycles. The topological polar surface area (TPSA) is 75.3 Å². The number of anilines is 1. The Morgan fingerprint density at radius 2 is 1.94 bits per heavy atom. The third-order valence-corrected chi connectivity index (χ3v) is 2.70. The van der Waals surface area contributed by atoms with Crippen molar-refractivity contribution in [1.29, 1.82) is 0 Å². The molecule has 0 heterocycles. The van der Waals surface area contributed by atoms with Crippen LogP contribution in [0, 0.1) is 5.92 Å². The van der Waals surface area contributed by atoms with Gasteiger partial charge >= 0.3 is 5.97 Å². The Bertz CT molecular complexity index is 374. The van der Waals surface area contributed by atoms with Gasteiger partial charge in [0.25, 0.3) is 0 Å². The molecule has 1 aromatic carbocycles. The van der Waals surface area contributed by atoms with Gasteiger partial charge in [-0.05, 0) is 36.5 Å². The number of rotatable bonds is 7. The Hall–Kier alpha value is -1.55. The molecule has 0 aliphatic rings. The van der Waals surface area contributed by atoms with E-state index in [9.17, 15) is 4.79 Å². The Kier molecular flexibility index (Phi) is 5.65. The maximum Gasteiger partial charge on any atom is 0.320 e. The van der Waals surface area contributed by atoms with E-state index in [-0.39, 0.29) is 0 Å². The number of carboxylic acid groups (broad SMARTS) is 1. The largest absolute Gasteiger partial charge is 0.480 e. The van der Waals surface area contributed by atoms with Crippen molar-refractivity contribution in [3.63, 3.8) is 0 Å². The van der Waals surface area contributed by atoms with Gasteiger partial charge in [0.05, 0.1) is 0 Å². The van der Waals surface area contributed by atoms with Crippen molar-refractivity contribution in [3.8, 4) is 0 Å². The summed E-state index contributed by atoms with van der Waals surface area (Å²) in [6, 6.07) is 7.44. The quantitative estimate of drug-likeness (QED) is 0.692. The van der Waals surface area contributed by atoms with Crippen LogP contribution in [0.4, 0.5) is 5.69 Å². The lowest BCUT2D eigenvalue weighted by molar-refractivity contribution is -0.138. The molecule has 0 saturated heterocycles. The van der Waals surface area contributed by atoms with Gasteiger partial charge in [-0.15, -0.1) is 0 Å². The molecule has 1 rings (SSSR count). The van der Waals surface area contributed by atoms with Gasteiger partial charge in [-0.25, -0.2) is 0 Å². The number of benzene rings is 1. The highest BCUT2D eigenvalue weighted by Crippen LogP contribution is 2.13. The molecule has 4 nitrogen and oxygen atoms in total. The molecule has 0 radical (unpaired) electrons. The van der Waals surface area contributed by atoms with E-state index in [2.05, 4.69) is 31.3 Å². The Labute approximate surface area is 108 Å². The minimum absolute atomic E-state index is 0.420. The number of hydrogen-bond acceptors (Lipinski definition) is 3. The van der Waals surface area contributed by atoms with Crippen molar-refractivity contribution in [3.05, 3.63) is 29.8 Å². The minimum Gasteiger partial charge on any atom is -0.480 e. The smallest absolute Gasteiger partial charge is 0.320 e. The fraction of sp³-hybridized carbons (Fsp3) is 0.500. The molecule has 0 saturated carbocycles. The van der Waals surface area contributed by atoms with E-state index in [1.807, 2.05) is 12.1 Å². The van der Waals surface area contributed by atoms with Gasteiger partial charge in [0.15, 0.2) is 0 Å². The van der Waals surface area contributed by atoms with Crippen LogP contribution in [-0.2, 0) is 11.2 Å². The Morgan fingerprint density at radius 1 is 1.33 bits per heavy atom. The molecule has 0 aromatic heterocycles. The van der Waals surface area contributed by atoms with E-state index in [0.29, 0.717) is 18.9 Å². The van der Waals surface area contributed by atoms with E-state index in [1.165, 1.54) is 5.56 Å². The van der Waals surface area contributed by atoms with Crippen LogP contribution >= 0.6 is 0 Å². The van der Waals surface area contributed by atoms with Crippen LogP contribution in [0.5, 0.6) is 0 Å². The van der Waals surface area contributed by atoms with Gasteiger partial charge in [-0.1, -0.05) is 26.0 Å². The van der Waals surface area contributed by atoms with Crippen LogP contribution in [0.15, 0.2) is 24.3 Å². The van der Waals surface area contributed by atoms with Gasteiger partial charge in [0, 0.05) is 12.2 Å². The summed E-state index contributed by atoms with van der Waals surface area (Å²) in [7, 11) is 0. The van der Waals surface area contributed by atoms with Crippen LogP contribution in [0.1, 0.15) is 25.8 Å². The van der Waals surface area contributed by atoms with E-state index >= 15 is 0 Å². The van der Waals surface area contributed by atoms with Gasteiger partial charge in [-0.3, -0.25) is 4.79 Å². The highest BCUT2D eigenvalue weighted by Gasteiger charge is 2.09. The zero-order valence-electron chi connectivity index (χ0n) is 11.0. The lowest BCUT2D eigenvalue weighted by Gasteiger charge is -2.10. The summed E-state index contributed by atoms with van der Waals surface area (Å²) in [5, 5.41) is 11.8. The van der Waals surface area contributed by atoms with Gasteiger partial charge in [0.1, 0.15) is 6.04 Å². The molecule has 1 unspecified atom stereocenters. The molecule has 0 spiro atoms. The number of carboxylic acids is 1. The van der Waals surface area contributed by atoms with Crippen molar-refractivity contribution >= 4 is 11.7 Å². The zero-order valence-corrected chi connectivity index (χ0v) is 11.0. The predicted molar refractivity (Wildman–Crippen MR) is 73.7 cm³/mol. The molecule has 0 amide bonds. The van der Waals surface area contributed by atoms with E-state index in [1.54, 1.807) is 0 Å². The molecule has 1 aromatic rings. The van der Waals surface area contributed by atoms with E-state index in [0.717, 1.165) is 12.1 Å². The van der Waals surface area contributed by atoms with Gasteiger partial charge in [-0.2, -0.15) is 0 Å². The second-order valence-corrected chi connectivity index (χ2v) is 4.96. The Balaban J connectivity index is 2.37. The average Bonchev–Trinajstić information content (AvgIpc) is 2.30. The number of aliphatic carboxylic acids is 1. The molecule has 0 aliphatic heterocycles. The Morgan fingerprint density at radius 3 is 2.44 bits per heavy atom. The molecule has 1 atom stereocenters. The number of carbonyl (C=O) groups is 1. The lowest BCUT2D eigenvalue weighted by Crippen LogP contribution is -2.32. The van der Waals surface area contributed by atoms with Crippen molar-refractivity contribution in [1.82, 2.24) is 0 Å². The normalized spacial score (nSPS) is 12.4. The van der Waals surface area contributed by atoms with Crippen molar-refractivity contribution in [2.75, 3.05) is 11.9 Å². The summed E-state index contributed by atoms with van der Waals surface area (Å²) in [4.78, 5) is 10.5. The fourth-order valence-electron chi connectivity index (χ4n) is 1.73. The second kappa shape index (κ2) is 7.01.